The van der Waals surface area contributed by atoms with Gasteiger partial charge in [0.05, 0.1) is 6.10 Å². The Morgan fingerprint density at radius 2 is 1.70 bits per heavy atom. The molecule has 0 heterocycles. The molecule has 1 atom stereocenters. The van der Waals surface area contributed by atoms with Crippen LogP contribution in [0.25, 0.3) is 0 Å². The molecular weight excluding hydrogens is 288 g/mol. The molecule has 0 aromatic rings. The molecule has 0 amide bonds. The van der Waals surface area contributed by atoms with Crippen molar-refractivity contribution in [3.05, 3.63) is 48.6 Å². The molecule has 0 radical (unpaired) electrons. The van der Waals surface area contributed by atoms with Crippen LogP contribution in [0.4, 0.5) is 0 Å². The summed E-state index contributed by atoms with van der Waals surface area (Å²) in [6.07, 6.45) is 23.5. The molecule has 0 saturated carbocycles. The van der Waals surface area contributed by atoms with Gasteiger partial charge >= 0.3 is 5.97 Å². The van der Waals surface area contributed by atoms with Gasteiger partial charge in [-0.05, 0) is 38.5 Å². The predicted octanol–water partition coefficient (Wildman–Crippen LogP) is 5.19. The Bertz CT molecular complexity index is 392. The van der Waals surface area contributed by atoms with E-state index in [0.717, 1.165) is 19.3 Å². The van der Waals surface area contributed by atoms with Crippen molar-refractivity contribution >= 4 is 5.97 Å². The maximum Gasteiger partial charge on any atom is 0.303 e. The van der Waals surface area contributed by atoms with Crippen molar-refractivity contribution in [1.82, 2.24) is 0 Å². The van der Waals surface area contributed by atoms with E-state index in [1.807, 2.05) is 36.5 Å². The SMILES string of the molecule is CCCCC/C=C/C[C@H](O)/C=C/C=C/C/C=C\CCCC(=O)O. The number of aliphatic hydroxyl groups excluding tert-OH is 1. The van der Waals surface area contributed by atoms with Crippen LogP contribution in [-0.2, 0) is 4.79 Å². The zero-order chi connectivity index (χ0) is 17.2. The number of aliphatic hydroxyl groups is 1. The molecule has 0 aliphatic rings. The van der Waals surface area contributed by atoms with Crippen LogP contribution in [0.1, 0.15) is 64.7 Å². The lowest BCUT2D eigenvalue weighted by molar-refractivity contribution is -0.137. The number of allylic oxidation sites excluding steroid dienone is 6. The molecule has 0 aliphatic heterocycles. The standard InChI is InChI=1S/C20H32O3/c1-2-3-4-5-10-13-16-19(21)17-14-11-8-6-7-9-12-15-18-20(22)23/h7-11,13-14,17,19,21H,2-6,12,15-16,18H2,1H3,(H,22,23)/b9-7-,11-8+,13-10+,17-14+/t19-/m0/s1. The largest absolute Gasteiger partial charge is 0.481 e. The zero-order valence-corrected chi connectivity index (χ0v) is 14.4. The van der Waals surface area contributed by atoms with Crippen LogP contribution >= 0.6 is 0 Å². The fourth-order valence-electron chi connectivity index (χ4n) is 1.96. The van der Waals surface area contributed by atoms with Crippen molar-refractivity contribution in [2.24, 2.45) is 0 Å². The van der Waals surface area contributed by atoms with Crippen LogP contribution in [0.5, 0.6) is 0 Å². The molecule has 0 unspecified atom stereocenters. The fourth-order valence-corrected chi connectivity index (χ4v) is 1.96. The fraction of sp³-hybridized carbons (Fsp3) is 0.550. The highest BCUT2D eigenvalue weighted by molar-refractivity contribution is 5.66. The number of unbranched alkanes of at least 4 members (excludes halogenated alkanes) is 4. The lowest BCUT2D eigenvalue weighted by atomic mass is 10.1. The average Bonchev–Trinajstić information content (AvgIpc) is 2.52. The average molecular weight is 320 g/mol. The molecular formula is C20H32O3. The predicted molar refractivity (Wildman–Crippen MR) is 97.4 cm³/mol. The second-order valence-corrected chi connectivity index (χ2v) is 5.58. The third-order valence-corrected chi connectivity index (χ3v) is 3.30. The molecule has 3 nitrogen and oxygen atoms in total. The first-order chi connectivity index (χ1) is 11.2. The van der Waals surface area contributed by atoms with Gasteiger partial charge in [-0.3, -0.25) is 4.79 Å². The Balaban J connectivity index is 3.62. The van der Waals surface area contributed by atoms with Gasteiger partial charge < -0.3 is 10.2 Å². The number of carbonyl (C=O) groups is 1. The molecule has 0 aromatic heterocycles. The van der Waals surface area contributed by atoms with Gasteiger partial charge in [-0.1, -0.05) is 68.4 Å². The summed E-state index contributed by atoms with van der Waals surface area (Å²) in [5, 5.41) is 18.3. The number of carboxylic acids is 1. The van der Waals surface area contributed by atoms with Crippen molar-refractivity contribution < 1.29 is 15.0 Å². The molecule has 0 aromatic carbocycles. The first-order valence-corrected chi connectivity index (χ1v) is 8.70. The molecule has 2 N–H and O–H groups in total. The zero-order valence-electron chi connectivity index (χ0n) is 14.4. The lowest BCUT2D eigenvalue weighted by Crippen LogP contribution is -1.98. The second kappa shape index (κ2) is 16.8. The summed E-state index contributed by atoms with van der Waals surface area (Å²) >= 11 is 0. The van der Waals surface area contributed by atoms with E-state index in [2.05, 4.69) is 13.0 Å². The molecule has 0 fully saturated rings. The van der Waals surface area contributed by atoms with Gasteiger partial charge in [0.1, 0.15) is 0 Å². The summed E-state index contributed by atoms with van der Waals surface area (Å²) in [5.41, 5.74) is 0. The van der Waals surface area contributed by atoms with Gasteiger partial charge in [0, 0.05) is 6.42 Å². The third kappa shape index (κ3) is 18.3. The first kappa shape index (κ1) is 21.4. The maximum atomic E-state index is 10.3. The maximum absolute atomic E-state index is 10.3. The molecule has 0 bridgehead atoms. The van der Waals surface area contributed by atoms with E-state index in [0.29, 0.717) is 12.8 Å². The highest BCUT2D eigenvalue weighted by Gasteiger charge is 1.93. The second-order valence-electron chi connectivity index (χ2n) is 5.58. The van der Waals surface area contributed by atoms with Crippen LogP contribution in [-0.4, -0.2) is 22.3 Å². The highest BCUT2D eigenvalue weighted by Crippen LogP contribution is 2.02. The van der Waals surface area contributed by atoms with Crippen molar-refractivity contribution in [3.8, 4) is 0 Å². The van der Waals surface area contributed by atoms with E-state index < -0.39 is 12.1 Å². The van der Waals surface area contributed by atoms with E-state index in [9.17, 15) is 9.90 Å². The van der Waals surface area contributed by atoms with Gasteiger partial charge in [-0.25, -0.2) is 0 Å². The first-order valence-electron chi connectivity index (χ1n) is 8.70. The number of hydrogen-bond acceptors (Lipinski definition) is 2. The summed E-state index contributed by atoms with van der Waals surface area (Å²) < 4.78 is 0. The number of hydrogen-bond donors (Lipinski definition) is 2. The Morgan fingerprint density at radius 1 is 0.957 bits per heavy atom. The minimum Gasteiger partial charge on any atom is -0.481 e. The topological polar surface area (TPSA) is 57.5 Å². The van der Waals surface area contributed by atoms with Gasteiger partial charge in [-0.2, -0.15) is 0 Å². The molecule has 0 aliphatic carbocycles. The summed E-state index contributed by atoms with van der Waals surface area (Å²) in [6.45, 7) is 2.20. The lowest BCUT2D eigenvalue weighted by Gasteiger charge is -1.99. The van der Waals surface area contributed by atoms with Crippen LogP contribution in [0.15, 0.2) is 48.6 Å². The summed E-state index contributed by atoms with van der Waals surface area (Å²) in [5.74, 6) is -0.738. The van der Waals surface area contributed by atoms with Gasteiger partial charge in [-0.15, -0.1) is 0 Å². The monoisotopic (exact) mass is 320 g/mol. The summed E-state index contributed by atoms with van der Waals surface area (Å²) in [4.78, 5) is 10.3. The van der Waals surface area contributed by atoms with Crippen LogP contribution in [0.2, 0.25) is 0 Å². The van der Waals surface area contributed by atoms with E-state index in [1.54, 1.807) is 6.08 Å². The highest BCUT2D eigenvalue weighted by atomic mass is 16.4. The van der Waals surface area contributed by atoms with E-state index >= 15 is 0 Å². The number of rotatable bonds is 14. The third-order valence-electron chi connectivity index (χ3n) is 3.30. The van der Waals surface area contributed by atoms with Crippen molar-refractivity contribution in [3.63, 3.8) is 0 Å². The Kier molecular flexibility index (Phi) is 15.6. The van der Waals surface area contributed by atoms with E-state index in [4.69, 9.17) is 5.11 Å². The van der Waals surface area contributed by atoms with Gasteiger partial charge in [0.15, 0.2) is 0 Å². The normalized spacial score (nSPS) is 13.8. The molecule has 3 heteroatoms. The van der Waals surface area contributed by atoms with Gasteiger partial charge in [0.25, 0.3) is 0 Å². The Hall–Kier alpha value is -1.61. The van der Waals surface area contributed by atoms with Crippen molar-refractivity contribution in [2.75, 3.05) is 0 Å². The van der Waals surface area contributed by atoms with Crippen LogP contribution in [0.3, 0.4) is 0 Å². The molecule has 0 saturated heterocycles. The van der Waals surface area contributed by atoms with Crippen LogP contribution in [0, 0.1) is 0 Å². The minimum atomic E-state index is -0.738. The molecule has 23 heavy (non-hydrogen) atoms. The quantitative estimate of drug-likeness (QED) is 0.263. The van der Waals surface area contributed by atoms with E-state index in [1.165, 1.54) is 19.3 Å². The number of carboxylic acid groups (broad SMARTS) is 1. The molecule has 130 valence electrons. The van der Waals surface area contributed by atoms with E-state index in [-0.39, 0.29) is 6.42 Å². The summed E-state index contributed by atoms with van der Waals surface area (Å²) in [7, 11) is 0. The minimum absolute atomic E-state index is 0.230. The smallest absolute Gasteiger partial charge is 0.303 e. The van der Waals surface area contributed by atoms with Crippen molar-refractivity contribution in [1.29, 1.82) is 0 Å². The molecule has 0 rings (SSSR count). The summed E-state index contributed by atoms with van der Waals surface area (Å²) in [6, 6.07) is 0. The Morgan fingerprint density at radius 3 is 2.43 bits per heavy atom. The van der Waals surface area contributed by atoms with Crippen molar-refractivity contribution in [2.45, 2.75) is 70.8 Å². The van der Waals surface area contributed by atoms with Gasteiger partial charge in [0.2, 0.25) is 0 Å². The van der Waals surface area contributed by atoms with Crippen LogP contribution < -0.4 is 0 Å². The number of aliphatic carboxylic acids is 1. The Labute approximate surface area is 141 Å². The molecule has 0 spiro atoms.